The topological polar surface area (TPSA) is 86.3 Å². The largest absolute Gasteiger partial charge is 0.284 e. The maximum atomic E-state index is 11.0. The maximum absolute atomic E-state index is 11.0. The van der Waals surface area contributed by atoms with Crippen LogP contribution in [-0.2, 0) is 0 Å². The van der Waals surface area contributed by atoms with Crippen molar-refractivity contribution in [2.24, 2.45) is 0 Å². The Bertz CT molecular complexity index is 611. The van der Waals surface area contributed by atoms with Gasteiger partial charge in [-0.2, -0.15) is 0 Å². The van der Waals surface area contributed by atoms with Crippen molar-refractivity contribution >= 4 is 11.4 Å². The van der Waals surface area contributed by atoms with Gasteiger partial charge in [0, 0.05) is 6.07 Å². The van der Waals surface area contributed by atoms with E-state index in [1.54, 1.807) is 30.3 Å². The summed E-state index contributed by atoms with van der Waals surface area (Å²) in [5.41, 5.74) is 0.460. The van der Waals surface area contributed by atoms with Crippen LogP contribution in [0, 0.1) is 20.2 Å². The van der Waals surface area contributed by atoms with Crippen LogP contribution in [0.5, 0.6) is 0 Å². The van der Waals surface area contributed by atoms with Crippen LogP contribution in [0.25, 0.3) is 11.1 Å². The molecule has 2 rings (SSSR count). The van der Waals surface area contributed by atoms with Crippen molar-refractivity contribution in [3.05, 3.63) is 68.8 Å². The summed E-state index contributed by atoms with van der Waals surface area (Å²) in [6.45, 7) is 0. The van der Waals surface area contributed by atoms with Crippen molar-refractivity contribution in [1.29, 1.82) is 0 Å². The average molecular weight is 244 g/mol. The number of non-ortho nitro benzene ring substituents is 1. The van der Waals surface area contributed by atoms with E-state index < -0.39 is 9.85 Å². The molecule has 0 bridgehead atoms. The Morgan fingerprint density at radius 2 is 1.50 bits per heavy atom. The molecule has 0 atom stereocenters. The van der Waals surface area contributed by atoms with Crippen LogP contribution in [0.2, 0.25) is 0 Å². The molecule has 0 aliphatic heterocycles. The van der Waals surface area contributed by atoms with Gasteiger partial charge in [-0.25, -0.2) is 0 Å². The lowest BCUT2D eigenvalue weighted by atomic mass is 10.0. The van der Waals surface area contributed by atoms with Gasteiger partial charge in [0.1, 0.15) is 0 Å². The van der Waals surface area contributed by atoms with Gasteiger partial charge in [-0.05, 0) is 11.6 Å². The first-order valence-corrected chi connectivity index (χ1v) is 5.08. The van der Waals surface area contributed by atoms with Crippen molar-refractivity contribution in [3.8, 4) is 11.1 Å². The number of hydrogen-bond acceptors (Lipinski definition) is 4. The van der Waals surface area contributed by atoms with E-state index in [2.05, 4.69) is 0 Å². The molecule has 0 unspecified atom stereocenters. The monoisotopic (exact) mass is 244 g/mol. The minimum Gasteiger partial charge on any atom is -0.258 e. The highest BCUT2D eigenvalue weighted by Gasteiger charge is 2.19. The maximum Gasteiger partial charge on any atom is 0.284 e. The number of nitrogens with zero attached hydrogens (tertiary/aromatic N) is 2. The lowest BCUT2D eigenvalue weighted by molar-refractivity contribution is -0.393. The van der Waals surface area contributed by atoms with E-state index in [1.807, 2.05) is 0 Å². The Hall–Kier alpha value is -2.76. The van der Waals surface area contributed by atoms with Crippen molar-refractivity contribution < 1.29 is 9.85 Å². The van der Waals surface area contributed by atoms with Crippen molar-refractivity contribution in [3.63, 3.8) is 0 Å². The fourth-order valence-electron chi connectivity index (χ4n) is 1.65. The molecule has 0 N–H and O–H groups in total. The fourth-order valence-corrected chi connectivity index (χ4v) is 1.65. The van der Waals surface area contributed by atoms with Crippen molar-refractivity contribution in [2.45, 2.75) is 0 Å². The Kier molecular flexibility index (Phi) is 3.01. The predicted octanol–water partition coefficient (Wildman–Crippen LogP) is 3.17. The summed E-state index contributed by atoms with van der Waals surface area (Å²) < 4.78 is 0. The van der Waals surface area contributed by atoms with E-state index in [4.69, 9.17) is 0 Å². The van der Waals surface area contributed by atoms with Gasteiger partial charge >= 0.3 is 0 Å². The Morgan fingerprint density at radius 1 is 0.833 bits per heavy atom. The molecule has 0 radical (unpaired) electrons. The summed E-state index contributed by atoms with van der Waals surface area (Å²) in [6.07, 6.45) is 0. The van der Waals surface area contributed by atoms with Crippen LogP contribution < -0.4 is 0 Å². The first-order valence-electron chi connectivity index (χ1n) is 5.08. The van der Waals surface area contributed by atoms with E-state index in [0.29, 0.717) is 11.1 Å². The lowest BCUT2D eigenvalue weighted by Gasteiger charge is -2.02. The third-order valence-corrected chi connectivity index (χ3v) is 2.47. The third kappa shape index (κ3) is 2.17. The van der Waals surface area contributed by atoms with Crippen LogP contribution in [-0.4, -0.2) is 9.85 Å². The highest BCUT2D eigenvalue weighted by molar-refractivity contribution is 5.75. The number of benzene rings is 2. The zero-order valence-corrected chi connectivity index (χ0v) is 9.15. The van der Waals surface area contributed by atoms with Gasteiger partial charge in [-0.3, -0.25) is 20.2 Å². The number of nitro groups is 2. The Labute approximate surface area is 102 Å². The summed E-state index contributed by atoms with van der Waals surface area (Å²) in [4.78, 5) is 20.3. The van der Waals surface area contributed by atoms with Gasteiger partial charge in [0.2, 0.25) is 0 Å². The molecule has 0 amide bonds. The van der Waals surface area contributed by atoms with Gasteiger partial charge in [0.15, 0.2) is 0 Å². The van der Waals surface area contributed by atoms with Gasteiger partial charge in [0.05, 0.1) is 21.5 Å². The quantitative estimate of drug-likeness (QED) is 0.612. The van der Waals surface area contributed by atoms with Crippen LogP contribution in [0.3, 0.4) is 0 Å². The zero-order valence-electron chi connectivity index (χ0n) is 9.15. The van der Waals surface area contributed by atoms with Crippen LogP contribution in [0.15, 0.2) is 48.5 Å². The molecule has 0 aliphatic carbocycles. The number of rotatable bonds is 3. The molecule has 0 spiro atoms. The molecule has 0 saturated heterocycles. The smallest absolute Gasteiger partial charge is 0.258 e. The van der Waals surface area contributed by atoms with E-state index in [1.165, 1.54) is 12.1 Å². The van der Waals surface area contributed by atoms with E-state index >= 15 is 0 Å². The van der Waals surface area contributed by atoms with E-state index in [0.717, 1.165) is 6.07 Å². The fraction of sp³-hybridized carbons (Fsp3) is 0. The summed E-state index contributed by atoms with van der Waals surface area (Å²) in [6, 6.07) is 12.4. The highest BCUT2D eigenvalue weighted by atomic mass is 16.6. The molecule has 6 heteroatoms. The summed E-state index contributed by atoms with van der Waals surface area (Å²) in [5, 5.41) is 21.6. The first-order chi connectivity index (χ1) is 8.59. The second kappa shape index (κ2) is 4.62. The van der Waals surface area contributed by atoms with Gasteiger partial charge in [0.25, 0.3) is 11.4 Å². The van der Waals surface area contributed by atoms with Gasteiger partial charge in [-0.1, -0.05) is 30.3 Å². The highest BCUT2D eigenvalue weighted by Crippen LogP contribution is 2.32. The lowest BCUT2D eigenvalue weighted by Crippen LogP contribution is -1.95. The summed E-state index contributed by atoms with van der Waals surface area (Å²) >= 11 is 0. The molecule has 0 aromatic heterocycles. The minimum absolute atomic E-state index is 0.268. The average Bonchev–Trinajstić information content (AvgIpc) is 2.39. The van der Waals surface area contributed by atoms with Gasteiger partial charge in [-0.15, -0.1) is 0 Å². The summed E-state index contributed by atoms with van der Waals surface area (Å²) in [5.74, 6) is 0. The SMILES string of the molecule is O=[N+]([O-])c1ccc(-c2ccccc2)c([N+](=O)[O-])c1. The molecule has 0 saturated carbocycles. The van der Waals surface area contributed by atoms with Crippen molar-refractivity contribution in [1.82, 2.24) is 0 Å². The van der Waals surface area contributed by atoms with E-state index in [-0.39, 0.29) is 11.4 Å². The molecular formula is C12H8N2O4. The molecule has 0 fully saturated rings. The van der Waals surface area contributed by atoms with Crippen LogP contribution in [0.1, 0.15) is 0 Å². The normalized spacial score (nSPS) is 10.0. The molecule has 2 aromatic rings. The third-order valence-electron chi connectivity index (χ3n) is 2.47. The second-order valence-corrected chi connectivity index (χ2v) is 3.58. The molecule has 18 heavy (non-hydrogen) atoms. The molecule has 2 aromatic carbocycles. The molecule has 0 aliphatic rings. The first kappa shape index (κ1) is 11.7. The summed E-state index contributed by atoms with van der Waals surface area (Å²) in [7, 11) is 0. The number of nitro benzene ring substituents is 2. The Morgan fingerprint density at radius 3 is 2.06 bits per heavy atom. The molecular weight excluding hydrogens is 236 g/mol. The second-order valence-electron chi connectivity index (χ2n) is 3.58. The minimum atomic E-state index is -0.651. The zero-order chi connectivity index (χ0) is 13.1. The standard InChI is InChI=1S/C12H8N2O4/c15-13(16)10-6-7-11(12(8-10)14(17)18)9-4-2-1-3-5-9/h1-8H. The van der Waals surface area contributed by atoms with Gasteiger partial charge < -0.3 is 0 Å². The molecule has 0 heterocycles. The Balaban J connectivity index is 2.61. The van der Waals surface area contributed by atoms with Crippen molar-refractivity contribution in [2.75, 3.05) is 0 Å². The molecule has 90 valence electrons. The predicted molar refractivity (Wildman–Crippen MR) is 65.2 cm³/mol. The molecule has 6 nitrogen and oxygen atoms in total. The number of hydrogen-bond donors (Lipinski definition) is 0. The van der Waals surface area contributed by atoms with E-state index in [9.17, 15) is 20.2 Å². The van der Waals surface area contributed by atoms with Crippen LogP contribution in [0.4, 0.5) is 11.4 Å². The van der Waals surface area contributed by atoms with Crippen LogP contribution >= 0.6 is 0 Å².